The molecule has 0 radical (unpaired) electrons. The maximum absolute atomic E-state index is 13.6. The summed E-state index contributed by atoms with van der Waals surface area (Å²) in [7, 11) is 0. The summed E-state index contributed by atoms with van der Waals surface area (Å²) in [6.07, 6.45) is 0. The summed E-state index contributed by atoms with van der Waals surface area (Å²) in [5.74, 6) is -1.53. The molecule has 6 heteroatoms. The molecule has 3 nitrogen and oxygen atoms in total. The van der Waals surface area contributed by atoms with Crippen LogP contribution in [0.5, 0.6) is 0 Å². The van der Waals surface area contributed by atoms with E-state index in [0.29, 0.717) is 6.54 Å². The molecule has 0 unspecified atom stereocenters. The maximum atomic E-state index is 13.6. The Balaban J connectivity index is 2.14. The lowest BCUT2D eigenvalue weighted by Gasteiger charge is -2.07. The van der Waals surface area contributed by atoms with Crippen LogP contribution in [0.2, 0.25) is 0 Å². The zero-order valence-electron chi connectivity index (χ0n) is 10.0. The van der Waals surface area contributed by atoms with Crippen LogP contribution in [0.25, 0.3) is 0 Å². The van der Waals surface area contributed by atoms with E-state index in [1.807, 2.05) is 13.0 Å². The molecule has 2 aromatic rings. The monoisotopic (exact) mass is 343 g/mol. The number of hydrogen-bond acceptors (Lipinski definition) is 3. The Morgan fingerprint density at radius 3 is 2.79 bits per heavy atom. The van der Waals surface area contributed by atoms with Crippen molar-refractivity contribution >= 4 is 38.9 Å². The predicted octanol–water partition coefficient (Wildman–Crippen LogP) is 4.27. The lowest BCUT2D eigenvalue weighted by Crippen LogP contribution is -2.03. The largest absolute Gasteiger partial charge is 0.478 e. The highest BCUT2D eigenvalue weighted by atomic mass is 79.9. The van der Waals surface area contributed by atoms with Gasteiger partial charge >= 0.3 is 5.97 Å². The van der Waals surface area contributed by atoms with Crippen molar-refractivity contribution in [1.29, 1.82) is 0 Å². The molecule has 0 aliphatic rings. The number of hydrogen-bond donors (Lipinski definition) is 2. The van der Waals surface area contributed by atoms with Gasteiger partial charge in [0, 0.05) is 20.8 Å². The van der Waals surface area contributed by atoms with Crippen LogP contribution < -0.4 is 5.32 Å². The lowest BCUT2D eigenvalue weighted by atomic mass is 10.2. The molecule has 1 heterocycles. The summed E-state index contributed by atoms with van der Waals surface area (Å²) >= 11 is 5.02. The van der Waals surface area contributed by atoms with E-state index >= 15 is 0 Å². The molecule has 2 rings (SSSR count). The third-order valence-corrected chi connectivity index (χ3v) is 4.71. The van der Waals surface area contributed by atoms with E-state index in [4.69, 9.17) is 5.11 Å². The zero-order chi connectivity index (χ0) is 14.0. The molecule has 100 valence electrons. The Kier molecular flexibility index (Phi) is 4.21. The van der Waals surface area contributed by atoms with Gasteiger partial charge < -0.3 is 10.4 Å². The summed E-state index contributed by atoms with van der Waals surface area (Å²) in [5.41, 5.74) is 0.259. The first-order valence-corrected chi connectivity index (χ1v) is 7.10. The molecule has 0 aliphatic heterocycles. The minimum atomic E-state index is -1.07. The van der Waals surface area contributed by atoms with Crippen LogP contribution in [0.4, 0.5) is 10.1 Å². The van der Waals surface area contributed by atoms with E-state index in [2.05, 4.69) is 21.2 Å². The standard InChI is InChI=1S/C13H11BrFNO2S/c1-7-10(14)5-9(19-7)6-16-12-4-8(13(17)18)2-3-11(12)15/h2-5,16H,6H2,1H3,(H,17,18). The number of benzene rings is 1. The number of carboxylic acids is 1. The maximum Gasteiger partial charge on any atom is 0.335 e. The summed E-state index contributed by atoms with van der Waals surface area (Å²) in [6, 6.07) is 5.66. The van der Waals surface area contributed by atoms with E-state index in [1.54, 1.807) is 11.3 Å². The third kappa shape index (κ3) is 3.33. The van der Waals surface area contributed by atoms with E-state index < -0.39 is 11.8 Å². The van der Waals surface area contributed by atoms with Crippen LogP contribution in [0.1, 0.15) is 20.1 Å². The Bertz CT molecular complexity index is 608. The fraction of sp³-hybridized carbons (Fsp3) is 0.154. The highest BCUT2D eigenvalue weighted by molar-refractivity contribution is 9.10. The number of anilines is 1. The lowest BCUT2D eigenvalue weighted by molar-refractivity contribution is 0.0697. The quantitative estimate of drug-likeness (QED) is 0.871. The molecular weight excluding hydrogens is 333 g/mol. The molecule has 0 bridgehead atoms. The molecule has 0 aliphatic carbocycles. The summed E-state index contributed by atoms with van der Waals surface area (Å²) < 4.78 is 14.6. The van der Waals surface area contributed by atoms with Crippen molar-refractivity contribution in [3.8, 4) is 0 Å². The normalized spacial score (nSPS) is 10.5. The molecule has 0 atom stereocenters. The van der Waals surface area contributed by atoms with Gasteiger partial charge in [-0.2, -0.15) is 0 Å². The van der Waals surface area contributed by atoms with Gasteiger partial charge in [0.2, 0.25) is 0 Å². The molecule has 1 aromatic heterocycles. The molecule has 0 saturated heterocycles. The molecule has 0 spiro atoms. The van der Waals surface area contributed by atoms with E-state index in [-0.39, 0.29) is 11.3 Å². The van der Waals surface area contributed by atoms with Crippen molar-refractivity contribution in [1.82, 2.24) is 0 Å². The van der Waals surface area contributed by atoms with Gasteiger partial charge in [-0.25, -0.2) is 9.18 Å². The third-order valence-electron chi connectivity index (χ3n) is 2.57. The zero-order valence-corrected chi connectivity index (χ0v) is 12.4. The fourth-order valence-corrected chi connectivity index (χ4v) is 3.12. The predicted molar refractivity (Wildman–Crippen MR) is 77.4 cm³/mol. The van der Waals surface area contributed by atoms with Crippen molar-refractivity contribution in [3.05, 3.63) is 49.9 Å². The van der Waals surface area contributed by atoms with Gasteiger partial charge in [0.15, 0.2) is 0 Å². The summed E-state index contributed by atoms with van der Waals surface area (Å²) in [4.78, 5) is 13.0. The number of carbonyl (C=O) groups is 1. The van der Waals surface area contributed by atoms with Gasteiger partial charge in [0.05, 0.1) is 11.3 Å². The van der Waals surface area contributed by atoms with Crippen LogP contribution in [-0.4, -0.2) is 11.1 Å². The van der Waals surface area contributed by atoms with Gasteiger partial charge in [-0.3, -0.25) is 0 Å². The molecule has 0 fully saturated rings. The van der Waals surface area contributed by atoms with Crippen molar-refractivity contribution in [2.24, 2.45) is 0 Å². The fourth-order valence-electron chi connectivity index (χ4n) is 1.58. The van der Waals surface area contributed by atoms with Crippen molar-refractivity contribution in [3.63, 3.8) is 0 Å². The second kappa shape index (κ2) is 5.71. The average Bonchev–Trinajstić information content (AvgIpc) is 2.67. The SMILES string of the molecule is Cc1sc(CNc2cc(C(=O)O)ccc2F)cc1Br. The van der Waals surface area contributed by atoms with Gasteiger partial charge in [-0.05, 0) is 47.1 Å². The molecule has 0 amide bonds. The van der Waals surface area contributed by atoms with Crippen LogP contribution in [-0.2, 0) is 6.54 Å². The van der Waals surface area contributed by atoms with Crippen molar-refractivity contribution in [2.45, 2.75) is 13.5 Å². The second-order valence-corrected chi connectivity index (χ2v) is 6.17. The van der Waals surface area contributed by atoms with Crippen LogP contribution >= 0.6 is 27.3 Å². The van der Waals surface area contributed by atoms with Gasteiger partial charge in [0.1, 0.15) is 5.82 Å². The molecule has 1 aromatic carbocycles. The number of aromatic carboxylic acids is 1. The number of nitrogens with one attached hydrogen (secondary N) is 1. The van der Waals surface area contributed by atoms with Gasteiger partial charge in [0.25, 0.3) is 0 Å². The van der Waals surface area contributed by atoms with Crippen molar-refractivity contribution < 1.29 is 14.3 Å². The topological polar surface area (TPSA) is 49.3 Å². The Morgan fingerprint density at radius 2 is 2.21 bits per heavy atom. The molecule has 19 heavy (non-hydrogen) atoms. The number of halogens is 2. The molecular formula is C13H11BrFNO2S. The van der Waals surface area contributed by atoms with E-state index in [1.165, 1.54) is 12.1 Å². The Morgan fingerprint density at radius 1 is 1.47 bits per heavy atom. The number of thiophene rings is 1. The Hall–Kier alpha value is -1.40. The average molecular weight is 344 g/mol. The van der Waals surface area contributed by atoms with Crippen LogP contribution in [0, 0.1) is 12.7 Å². The minimum Gasteiger partial charge on any atom is -0.478 e. The number of aryl methyl sites for hydroxylation is 1. The summed E-state index contributed by atoms with van der Waals surface area (Å²) in [6.45, 7) is 2.45. The molecule has 0 saturated carbocycles. The first kappa shape index (κ1) is 14.0. The second-order valence-electron chi connectivity index (χ2n) is 3.97. The Labute approximate surface area is 122 Å². The van der Waals surface area contributed by atoms with Crippen LogP contribution in [0.15, 0.2) is 28.7 Å². The smallest absolute Gasteiger partial charge is 0.335 e. The van der Waals surface area contributed by atoms with Crippen molar-refractivity contribution in [2.75, 3.05) is 5.32 Å². The number of rotatable bonds is 4. The van der Waals surface area contributed by atoms with E-state index in [9.17, 15) is 9.18 Å². The molecule has 2 N–H and O–H groups in total. The van der Waals surface area contributed by atoms with Gasteiger partial charge in [-0.15, -0.1) is 11.3 Å². The highest BCUT2D eigenvalue weighted by Gasteiger charge is 2.09. The number of carboxylic acid groups (broad SMARTS) is 1. The highest BCUT2D eigenvalue weighted by Crippen LogP contribution is 2.27. The van der Waals surface area contributed by atoms with Gasteiger partial charge in [-0.1, -0.05) is 0 Å². The summed E-state index contributed by atoms with van der Waals surface area (Å²) in [5, 5.41) is 11.8. The van der Waals surface area contributed by atoms with Crippen LogP contribution in [0.3, 0.4) is 0 Å². The first-order chi connectivity index (χ1) is 8.97. The first-order valence-electron chi connectivity index (χ1n) is 5.49. The van der Waals surface area contributed by atoms with E-state index in [0.717, 1.165) is 20.3 Å². The minimum absolute atomic E-state index is 0.0624.